The Labute approximate surface area is 174 Å². The minimum absolute atomic E-state index is 0.372. The molecule has 4 fully saturated rings. The molecule has 4 unspecified atom stereocenters. The Kier molecular flexibility index (Phi) is 3.71. The first-order chi connectivity index (χ1) is 14.0. The van der Waals surface area contributed by atoms with Crippen LogP contribution in [0.4, 0.5) is 0 Å². The van der Waals surface area contributed by atoms with Crippen molar-refractivity contribution in [1.82, 2.24) is 0 Å². The predicted octanol–water partition coefficient (Wildman–Crippen LogP) is 6.31. The van der Waals surface area contributed by atoms with Crippen molar-refractivity contribution in [2.75, 3.05) is 0 Å². The lowest BCUT2D eigenvalue weighted by molar-refractivity contribution is 0.00296. The molecule has 29 heavy (non-hydrogen) atoms. The van der Waals surface area contributed by atoms with E-state index in [0.717, 1.165) is 40.7 Å². The summed E-state index contributed by atoms with van der Waals surface area (Å²) < 4.78 is 0. The van der Waals surface area contributed by atoms with Gasteiger partial charge < -0.3 is 10.2 Å². The standard InChI is InChI=1S/C27H32O2/c1-15-11-17(5-9-23(15)28)25(18-6-10-24(29)16(2)12-18)27-21-7-3-19(13-21)26(27)20-4-8-22(27)14-20/h5-6,9-12,19-22,25-26,28-29H,3-4,7-8,13-14H2,1-2H3. The lowest BCUT2D eigenvalue weighted by Gasteiger charge is -2.53. The minimum atomic E-state index is 0.372. The highest BCUT2D eigenvalue weighted by molar-refractivity contribution is 5.47. The summed E-state index contributed by atoms with van der Waals surface area (Å²) in [4.78, 5) is 0. The summed E-state index contributed by atoms with van der Waals surface area (Å²) in [5.41, 5.74) is 5.06. The Hall–Kier alpha value is -1.96. The molecular formula is C27H32O2. The molecular weight excluding hydrogens is 356 g/mol. The highest BCUT2D eigenvalue weighted by Crippen LogP contribution is 2.78. The number of fused-ring (bicyclic) bond motifs is 9. The van der Waals surface area contributed by atoms with Gasteiger partial charge in [-0.05, 0) is 122 Å². The SMILES string of the molecule is Cc1cc(C(c2ccc(O)c(C)c2)C23C4CCC(C4)C2C2CCC3C2)ccc1O. The van der Waals surface area contributed by atoms with Gasteiger partial charge in [0.05, 0.1) is 0 Å². The molecule has 4 saturated carbocycles. The summed E-state index contributed by atoms with van der Waals surface area (Å²) in [5, 5.41) is 20.4. The van der Waals surface area contributed by atoms with Gasteiger partial charge in [-0.2, -0.15) is 0 Å². The summed E-state index contributed by atoms with van der Waals surface area (Å²) in [6, 6.07) is 12.6. The van der Waals surface area contributed by atoms with E-state index in [2.05, 4.69) is 24.3 Å². The Morgan fingerprint density at radius 3 is 1.69 bits per heavy atom. The molecule has 4 atom stereocenters. The van der Waals surface area contributed by atoms with Crippen molar-refractivity contribution in [2.24, 2.45) is 35.0 Å². The highest BCUT2D eigenvalue weighted by atomic mass is 16.3. The maximum atomic E-state index is 10.2. The zero-order chi connectivity index (χ0) is 19.9. The molecule has 2 aromatic rings. The van der Waals surface area contributed by atoms with Crippen LogP contribution in [0.2, 0.25) is 0 Å². The van der Waals surface area contributed by atoms with Crippen molar-refractivity contribution in [1.29, 1.82) is 0 Å². The van der Waals surface area contributed by atoms with Crippen molar-refractivity contribution in [3.8, 4) is 11.5 Å². The first-order valence-electron chi connectivity index (χ1n) is 11.6. The minimum Gasteiger partial charge on any atom is -0.508 e. The van der Waals surface area contributed by atoms with Gasteiger partial charge in [-0.3, -0.25) is 0 Å². The van der Waals surface area contributed by atoms with Crippen LogP contribution in [0, 0.1) is 48.9 Å². The van der Waals surface area contributed by atoms with Gasteiger partial charge in [0, 0.05) is 5.92 Å². The molecule has 6 rings (SSSR count). The molecule has 4 aliphatic rings. The predicted molar refractivity (Wildman–Crippen MR) is 115 cm³/mol. The molecule has 0 aromatic heterocycles. The molecule has 0 spiro atoms. The van der Waals surface area contributed by atoms with Crippen LogP contribution in [0.3, 0.4) is 0 Å². The van der Waals surface area contributed by atoms with Crippen LogP contribution in [0.15, 0.2) is 36.4 Å². The summed E-state index contributed by atoms with van der Waals surface area (Å²) in [6.07, 6.45) is 8.54. The summed E-state index contributed by atoms with van der Waals surface area (Å²) in [5.74, 6) is 5.55. The van der Waals surface area contributed by atoms with E-state index >= 15 is 0 Å². The van der Waals surface area contributed by atoms with E-state index in [1.807, 2.05) is 26.0 Å². The third-order valence-corrected chi connectivity index (χ3v) is 9.56. The molecule has 0 saturated heterocycles. The van der Waals surface area contributed by atoms with E-state index in [9.17, 15) is 10.2 Å². The smallest absolute Gasteiger partial charge is 0.118 e. The van der Waals surface area contributed by atoms with Gasteiger partial charge in [0.2, 0.25) is 0 Å². The quantitative estimate of drug-likeness (QED) is 0.605. The number of aromatic hydroxyl groups is 2. The van der Waals surface area contributed by atoms with Crippen molar-refractivity contribution < 1.29 is 10.2 Å². The van der Waals surface area contributed by atoms with Gasteiger partial charge in [0.25, 0.3) is 0 Å². The second-order valence-corrected chi connectivity index (χ2v) is 10.6. The molecule has 4 bridgehead atoms. The first-order valence-corrected chi connectivity index (χ1v) is 11.6. The van der Waals surface area contributed by atoms with Gasteiger partial charge in [-0.1, -0.05) is 24.3 Å². The third kappa shape index (κ3) is 2.24. The largest absolute Gasteiger partial charge is 0.508 e. The normalized spacial score (nSPS) is 36.9. The third-order valence-electron chi connectivity index (χ3n) is 9.56. The average molecular weight is 389 g/mol. The van der Waals surface area contributed by atoms with Crippen LogP contribution < -0.4 is 0 Å². The molecule has 2 N–H and O–H groups in total. The number of hydrogen-bond acceptors (Lipinski definition) is 2. The van der Waals surface area contributed by atoms with Crippen LogP contribution in [0.1, 0.15) is 66.7 Å². The van der Waals surface area contributed by atoms with E-state index in [1.165, 1.54) is 49.7 Å². The summed E-state index contributed by atoms with van der Waals surface area (Å²) in [6.45, 7) is 4.05. The number of benzene rings is 2. The zero-order valence-corrected chi connectivity index (χ0v) is 17.6. The lowest BCUT2D eigenvalue weighted by Crippen LogP contribution is -2.46. The number of hydrogen-bond donors (Lipinski definition) is 2. The lowest BCUT2D eigenvalue weighted by atomic mass is 9.51. The van der Waals surface area contributed by atoms with Crippen molar-refractivity contribution in [3.63, 3.8) is 0 Å². The van der Waals surface area contributed by atoms with Crippen LogP contribution in [-0.2, 0) is 0 Å². The van der Waals surface area contributed by atoms with Crippen LogP contribution in [0.5, 0.6) is 11.5 Å². The van der Waals surface area contributed by atoms with E-state index in [1.54, 1.807) is 0 Å². The number of aryl methyl sites for hydroxylation is 2. The molecule has 4 aliphatic carbocycles. The molecule has 0 heterocycles. The van der Waals surface area contributed by atoms with E-state index in [0.29, 0.717) is 22.8 Å². The van der Waals surface area contributed by atoms with Crippen molar-refractivity contribution >= 4 is 0 Å². The molecule has 0 amide bonds. The van der Waals surface area contributed by atoms with E-state index < -0.39 is 0 Å². The Balaban J connectivity index is 1.59. The van der Waals surface area contributed by atoms with Crippen molar-refractivity contribution in [3.05, 3.63) is 58.7 Å². The monoisotopic (exact) mass is 388 g/mol. The maximum absolute atomic E-state index is 10.2. The molecule has 0 radical (unpaired) electrons. The van der Waals surface area contributed by atoms with Crippen molar-refractivity contribution in [2.45, 2.75) is 58.3 Å². The molecule has 2 nitrogen and oxygen atoms in total. The summed E-state index contributed by atoms with van der Waals surface area (Å²) in [7, 11) is 0. The van der Waals surface area contributed by atoms with E-state index in [4.69, 9.17) is 0 Å². The van der Waals surface area contributed by atoms with Gasteiger partial charge in [-0.25, -0.2) is 0 Å². The zero-order valence-electron chi connectivity index (χ0n) is 17.6. The Morgan fingerprint density at radius 1 is 0.759 bits per heavy atom. The van der Waals surface area contributed by atoms with Gasteiger partial charge in [-0.15, -0.1) is 0 Å². The number of rotatable bonds is 3. The van der Waals surface area contributed by atoms with Gasteiger partial charge >= 0.3 is 0 Å². The van der Waals surface area contributed by atoms with Gasteiger partial charge in [0.1, 0.15) is 11.5 Å². The Morgan fingerprint density at radius 2 is 1.24 bits per heavy atom. The second kappa shape index (κ2) is 6.03. The fourth-order valence-electron chi connectivity index (χ4n) is 8.82. The average Bonchev–Trinajstić information content (AvgIpc) is 3.47. The van der Waals surface area contributed by atoms with Crippen LogP contribution in [-0.4, -0.2) is 10.2 Å². The highest BCUT2D eigenvalue weighted by Gasteiger charge is 2.71. The molecule has 152 valence electrons. The van der Waals surface area contributed by atoms with Crippen LogP contribution >= 0.6 is 0 Å². The fourth-order valence-corrected chi connectivity index (χ4v) is 8.82. The second-order valence-electron chi connectivity index (χ2n) is 10.6. The molecule has 0 aliphatic heterocycles. The first kappa shape index (κ1) is 17.9. The van der Waals surface area contributed by atoms with E-state index in [-0.39, 0.29) is 0 Å². The Bertz CT molecular complexity index is 903. The molecule has 2 aromatic carbocycles. The fraction of sp³-hybridized carbons (Fsp3) is 0.556. The van der Waals surface area contributed by atoms with Gasteiger partial charge in [0.15, 0.2) is 0 Å². The number of phenols is 2. The number of phenolic OH excluding ortho intramolecular Hbond substituents is 2. The molecule has 2 heteroatoms. The topological polar surface area (TPSA) is 40.5 Å². The maximum Gasteiger partial charge on any atom is 0.118 e. The van der Waals surface area contributed by atoms with Crippen LogP contribution in [0.25, 0.3) is 0 Å². The summed E-state index contributed by atoms with van der Waals surface area (Å²) >= 11 is 0.